The van der Waals surface area contributed by atoms with Gasteiger partial charge in [0, 0.05) is 43.1 Å². The van der Waals surface area contributed by atoms with E-state index in [-0.39, 0.29) is 30.0 Å². The van der Waals surface area contributed by atoms with Gasteiger partial charge in [-0.15, -0.1) is 0 Å². The summed E-state index contributed by atoms with van der Waals surface area (Å²) >= 11 is 0. The fourth-order valence-corrected chi connectivity index (χ4v) is 4.71. The largest absolute Gasteiger partial charge is 0.497 e. The first-order valence-corrected chi connectivity index (χ1v) is 12.2. The number of nitrogens with one attached hydrogen (secondary N) is 1. The molecule has 2 saturated heterocycles. The Kier molecular flexibility index (Phi) is 7.59. The monoisotopic (exact) mass is 497 g/mol. The van der Waals surface area contributed by atoms with Crippen molar-refractivity contribution in [2.75, 3.05) is 26.8 Å². The summed E-state index contributed by atoms with van der Waals surface area (Å²) in [5, 5.41) is 2.95. The normalized spacial score (nSPS) is 19.7. The van der Waals surface area contributed by atoms with Crippen LogP contribution in [0.5, 0.6) is 5.75 Å². The molecule has 2 atom stereocenters. The van der Waals surface area contributed by atoms with Gasteiger partial charge in [0.1, 0.15) is 23.3 Å². The number of carbonyl (C=O) groups excluding carboxylic acids is 3. The Labute approximate surface area is 210 Å². The van der Waals surface area contributed by atoms with Crippen molar-refractivity contribution in [2.24, 2.45) is 0 Å². The van der Waals surface area contributed by atoms with Gasteiger partial charge in [0.25, 0.3) is 11.8 Å². The minimum Gasteiger partial charge on any atom is -0.497 e. The minimum atomic E-state index is -1.03. The molecule has 0 aromatic heterocycles. The second-order valence-electron chi connectivity index (χ2n) is 9.29. The standard InChI is InChI=1S/C27H32FN3O5/c1-4-18(2)29-24(32)23-17-36-27(31(23)26(34)20-5-9-21(28)10-6-20)13-15-30(16-14-27)25(33)19-7-11-22(35-3)12-8-19/h5-12,18,23H,4,13-17H2,1-3H3,(H,29,32)/t18-,23+/m1/s1. The van der Waals surface area contributed by atoms with Crippen LogP contribution in [0.15, 0.2) is 48.5 Å². The van der Waals surface area contributed by atoms with Crippen LogP contribution in [0, 0.1) is 5.82 Å². The summed E-state index contributed by atoms with van der Waals surface area (Å²) < 4.78 is 24.9. The molecule has 192 valence electrons. The van der Waals surface area contributed by atoms with Crippen molar-refractivity contribution >= 4 is 17.7 Å². The third-order valence-corrected chi connectivity index (χ3v) is 7.04. The molecule has 8 nitrogen and oxygen atoms in total. The van der Waals surface area contributed by atoms with Crippen LogP contribution in [0.2, 0.25) is 0 Å². The maximum atomic E-state index is 13.7. The summed E-state index contributed by atoms with van der Waals surface area (Å²) in [7, 11) is 1.57. The highest BCUT2D eigenvalue weighted by Crippen LogP contribution is 2.39. The van der Waals surface area contributed by atoms with Gasteiger partial charge in [-0.05, 0) is 61.9 Å². The number of carbonyl (C=O) groups is 3. The summed E-state index contributed by atoms with van der Waals surface area (Å²) in [6.07, 6.45) is 1.46. The molecule has 4 rings (SSSR count). The molecule has 0 aliphatic carbocycles. The fourth-order valence-electron chi connectivity index (χ4n) is 4.71. The van der Waals surface area contributed by atoms with Gasteiger partial charge in [0.2, 0.25) is 5.91 Å². The van der Waals surface area contributed by atoms with Gasteiger partial charge in [-0.25, -0.2) is 4.39 Å². The van der Waals surface area contributed by atoms with Gasteiger partial charge in [0.15, 0.2) is 0 Å². The molecule has 2 fully saturated rings. The average molecular weight is 498 g/mol. The number of likely N-dealkylation sites (tertiary alicyclic amines) is 1. The van der Waals surface area contributed by atoms with Crippen LogP contribution in [-0.4, -0.2) is 72.1 Å². The summed E-state index contributed by atoms with van der Waals surface area (Å²) in [4.78, 5) is 43.1. The number of methoxy groups -OCH3 is 1. The average Bonchev–Trinajstić information content (AvgIpc) is 3.27. The third-order valence-electron chi connectivity index (χ3n) is 7.04. The third kappa shape index (κ3) is 5.06. The number of benzene rings is 2. The molecule has 0 radical (unpaired) electrons. The number of amides is 3. The molecule has 2 aliphatic heterocycles. The summed E-state index contributed by atoms with van der Waals surface area (Å²) in [5.41, 5.74) is -0.205. The molecule has 1 spiro atoms. The quantitative estimate of drug-likeness (QED) is 0.662. The van der Waals surface area contributed by atoms with Crippen molar-refractivity contribution in [3.8, 4) is 5.75 Å². The van der Waals surface area contributed by atoms with E-state index in [2.05, 4.69) is 5.32 Å². The molecule has 9 heteroatoms. The van der Waals surface area contributed by atoms with Crippen molar-refractivity contribution in [2.45, 2.75) is 50.9 Å². The number of hydrogen-bond donors (Lipinski definition) is 1. The molecule has 1 N–H and O–H groups in total. The highest BCUT2D eigenvalue weighted by molar-refractivity contribution is 5.98. The highest BCUT2D eigenvalue weighted by Gasteiger charge is 2.54. The van der Waals surface area contributed by atoms with E-state index < -0.39 is 23.5 Å². The van der Waals surface area contributed by atoms with E-state index in [1.54, 1.807) is 36.3 Å². The molecule has 36 heavy (non-hydrogen) atoms. The van der Waals surface area contributed by atoms with Gasteiger partial charge < -0.3 is 19.7 Å². The van der Waals surface area contributed by atoms with Crippen LogP contribution in [0.4, 0.5) is 4.39 Å². The lowest BCUT2D eigenvalue weighted by Gasteiger charge is -2.44. The van der Waals surface area contributed by atoms with E-state index in [9.17, 15) is 18.8 Å². The number of halogens is 1. The molecule has 3 amide bonds. The van der Waals surface area contributed by atoms with Gasteiger partial charge in [-0.3, -0.25) is 19.3 Å². The van der Waals surface area contributed by atoms with E-state index in [0.717, 1.165) is 6.42 Å². The molecule has 2 aromatic rings. The predicted molar refractivity (Wildman–Crippen MR) is 131 cm³/mol. The van der Waals surface area contributed by atoms with Crippen molar-refractivity contribution in [3.05, 3.63) is 65.5 Å². The smallest absolute Gasteiger partial charge is 0.256 e. The van der Waals surface area contributed by atoms with Crippen LogP contribution in [0.25, 0.3) is 0 Å². The maximum Gasteiger partial charge on any atom is 0.256 e. The lowest BCUT2D eigenvalue weighted by molar-refractivity contribution is -0.128. The zero-order valence-corrected chi connectivity index (χ0v) is 20.8. The Morgan fingerprint density at radius 3 is 2.22 bits per heavy atom. The Hall–Kier alpha value is -3.46. The van der Waals surface area contributed by atoms with E-state index in [1.165, 1.54) is 29.2 Å². The Morgan fingerprint density at radius 1 is 1.06 bits per heavy atom. The number of rotatable bonds is 6. The Balaban J connectivity index is 1.55. The number of hydrogen-bond acceptors (Lipinski definition) is 5. The lowest BCUT2D eigenvalue weighted by atomic mass is 9.96. The first kappa shape index (κ1) is 25.6. The van der Waals surface area contributed by atoms with Gasteiger partial charge in [-0.2, -0.15) is 0 Å². The summed E-state index contributed by atoms with van der Waals surface area (Å²) in [5.74, 6) is -0.580. The zero-order valence-electron chi connectivity index (χ0n) is 20.8. The van der Waals surface area contributed by atoms with E-state index in [1.807, 2.05) is 13.8 Å². The van der Waals surface area contributed by atoms with Gasteiger partial charge >= 0.3 is 0 Å². The molecule has 0 saturated carbocycles. The Bertz CT molecular complexity index is 1100. The van der Waals surface area contributed by atoms with E-state index in [0.29, 0.717) is 37.2 Å². The summed E-state index contributed by atoms with van der Waals surface area (Å²) in [6, 6.07) is 11.3. The van der Waals surface area contributed by atoms with E-state index >= 15 is 0 Å². The minimum absolute atomic E-state index is 0.0548. The lowest BCUT2D eigenvalue weighted by Crippen LogP contribution is -2.60. The molecule has 2 aliphatic rings. The van der Waals surface area contributed by atoms with Crippen LogP contribution < -0.4 is 10.1 Å². The van der Waals surface area contributed by atoms with Crippen molar-refractivity contribution in [1.82, 2.24) is 15.1 Å². The molecular weight excluding hydrogens is 465 g/mol. The molecular formula is C27H32FN3O5. The van der Waals surface area contributed by atoms with E-state index in [4.69, 9.17) is 9.47 Å². The topological polar surface area (TPSA) is 88.2 Å². The first-order valence-electron chi connectivity index (χ1n) is 12.2. The summed E-state index contributed by atoms with van der Waals surface area (Å²) in [6.45, 7) is 4.64. The van der Waals surface area contributed by atoms with Gasteiger partial charge in [0.05, 0.1) is 13.7 Å². The van der Waals surface area contributed by atoms with Gasteiger partial charge in [-0.1, -0.05) is 6.92 Å². The van der Waals surface area contributed by atoms with Crippen LogP contribution >= 0.6 is 0 Å². The second-order valence-corrected chi connectivity index (χ2v) is 9.29. The molecule has 0 unspecified atom stereocenters. The van der Waals surface area contributed by atoms with Crippen molar-refractivity contribution < 1.29 is 28.2 Å². The molecule has 0 bridgehead atoms. The number of ether oxygens (including phenoxy) is 2. The van der Waals surface area contributed by atoms with Crippen LogP contribution in [0.3, 0.4) is 0 Å². The van der Waals surface area contributed by atoms with Crippen LogP contribution in [0.1, 0.15) is 53.8 Å². The molecule has 2 heterocycles. The van der Waals surface area contributed by atoms with Crippen molar-refractivity contribution in [3.63, 3.8) is 0 Å². The molecule has 2 aromatic carbocycles. The van der Waals surface area contributed by atoms with Crippen LogP contribution in [-0.2, 0) is 9.53 Å². The fraction of sp³-hybridized carbons (Fsp3) is 0.444. The number of nitrogens with zero attached hydrogens (tertiary/aromatic N) is 2. The highest BCUT2D eigenvalue weighted by atomic mass is 19.1. The second kappa shape index (κ2) is 10.7. The predicted octanol–water partition coefficient (Wildman–Crippen LogP) is 3.22. The Morgan fingerprint density at radius 2 is 1.64 bits per heavy atom. The zero-order chi connectivity index (χ0) is 25.9. The first-order chi connectivity index (χ1) is 17.3. The maximum absolute atomic E-state index is 13.7. The van der Waals surface area contributed by atoms with Crippen molar-refractivity contribution in [1.29, 1.82) is 0 Å². The SMILES string of the molecule is CC[C@@H](C)NC(=O)[C@@H]1COC2(CCN(C(=O)c3ccc(OC)cc3)CC2)N1C(=O)c1ccc(F)cc1. The number of piperidine rings is 1.